The van der Waals surface area contributed by atoms with Crippen LogP contribution in [-0.2, 0) is 6.42 Å². The molecule has 23 heavy (non-hydrogen) atoms. The third-order valence-electron chi connectivity index (χ3n) is 4.23. The van der Waals surface area contributed by atoms with Crippen LogP contribution in [0.1, 0.15) is 5.56 Å². The summed E-state index contributed by atoms with van der Waals surface area (Å²) in [6.45, 7) is 4.64. The normalized spacial score (nSPS) is 15.9. The van der Waals surface area contributed by atoms with Gasteiger partial charge in [-0.25, -0.2) is 4.39 Å². The molecule has 0 aliphatic carbocycles. The molecule has 3 rings (SSSR count). The number of anilines is 1. The summed E-state index contributed by atoms with van der Waals surface area (Å²) in [5, 5.41) is 1.40. The second-order valence-corrected chi connectivity index (χ2v) is 6.59. The van der Waals surface area contributed by atoms with E-state index in [1.54, 1.807) is 12.1 Å². The summed E-state index contributed by atoms with van der Waals surface area (Å²) in [4.78, 5) is 4.63. The minimum Gasteiger partial charge on any atom is -0.367 e. The zero-order valence-electron chi connectivity index (χ0n) is 12.8. The number of para-hydroxylation sites is 1. The van der Waals surface area contributed by atoms with Gasteiger partial charge in [-0.15, -0.1) is 0 Å². The van der Waals surface area contributed by atoms with E-state index in [9.17, 15) is 4.39 Å². The lowest BCUT2D eigenvalue weighted by Crippen LogP contribution is -2.47. The SMILES string of the molecule is Fc1cccc(CCN2CCN(c3c(Cl)cccc3Cl)CC2)c1. The highest BCUT2D eigenvalue weighted by Crippen LogP contribution is 2.33. The van der Waals surface area contributed by atoms with Crippen molar-refractivity contribution < 1.29 is 4.39 Å². The first kappa shape index (κ1) is 16.6. The summed E-state index contributed by atoms with van der Waals surface area (Å²) >= 11 is 12.6. The molecule has 1 heterocycles. The monoisotopic (exact) mass is 352 g/mol. The van der Waals surface area contributed by atoms with Crippen LogP contribution >= 0.6 is 23.2 Å². The summed E-state index contributed by atoms with van der Waals surface area (Å²) < 4.78 is 13.2. The van der Waals surface area contributed by atoms with Gasteiger partial charge in [-0.3, -0.25) is 4.90 Å². The van der Waals surface area contributed by atoms with E-state index in [-0.39, 0.29) is 5.82 Å². The Morgan fingerprint density at radius 1 is 0.913 bits per heavy atom. The Balaban J connectivity index is 1.54. The van der Waals surface area contributed by atoms with E-state index in [1.807, 2.05) is 24.3 Å². The quantitative estimate of drug-likeness (QED) is 0.799. The summed E-state index contributed by atoms with van der Waals surface area (Å²) in [7, 11) is 0. The fourth-order valence-corrected chi connectivity index (χ4v) is 3.60. The molecular weight excluding hydrogens is 334 g/mol. The molecule has 2 aromatic rings. The number of halogens is 3. The van der Waals surface area contributed by atoms with Crippen LogP contribution in [0.2, 0.25) is 10.0 Å². The Labute approximate surface area is 146 Å². The molecule has 2 aromatic carbocycles. The molecule has 0 bridgehead atoms. The van der Waals surface area contributed by atoms with Gasteiger partial charge in [0.25, 0.3) is 0 Å². The average molecular weight is 353 g/mol. The molecule has 5 heteroatoms. The third-order valence-corrected chi connectivity index (χ3v) is 4.84. The first-order valence-corrected chi connectivity index (χ1v) is 8.55. The van der Waals surface area contributed by atoms with Gasteiger partial charge in [-0.2, -0.15) is 0 Å². The maximum Gasteiger partial charge on any atom is 0.123 e. The Kier molecular flexibility index (Phi) is 5.42. The molecule has 1 aliphatic heterocycles. The lowest BCUT2D eigenvalue weighted by atomic mass is 10.1. The summed E-state index contributed by atoms with van der Waals surface area (Å²) in [5.41, 5.74) is 1.97. The van der Waals surface area contributed by atoms with E-state index in [4.69, 9.17) is 23.2 Å². The van der Waals surface area contributed by atoms with Crippen LogP contribution in [-0.4, -0.2) is 37.6 Å². The molecule has 0 amide bonds. The zero-order valence-corrected chi connectivity index (χ0v) is 14.3. The van der Waals surface area contributed by atoms with Crippen molar-refractivity contribution in [3.05, 3.63) is 63.9 Å². The van der Waals surface area contributed by atoms with Gasteiger partial charge < -0.3 is 4.90 Å². The molecule has 0 N–H and O–H groups in total. The number of nitrogens with zero attached hydrogens (tertiary/aromatic N) is 2. The molecule has 1 saturated heterocycles. The van der Waals surface area contributed by atoms with Crippen molar-refractivity contribution in [3.8, 4) is 0 Å². The molecule has 0 saturated carbocycles. The molecule has 0 atom stereocenters. The number of benzene rings is 2. The van der Waals surface area contributed by atoms with E-state index < -0.39 is 0 Å². The molecule has 0 unspecified atom stereocenters. The summed E-state index contributed by atoms with van der Waals surface area (Å²) in [6.07, 6.45) is 0.866. The highest BCUT2D eigenvalue weighted by Gasteiger charge is 2.20. The Morgan fingerprint density at radius 3 is 2.22 bits per heavy atom. The number of hydrogen-bond acceptors (Lipinski definition) is 2. The van der Waals surface area contributed by atoms with E-state index >= 15 is 0 Å². The van der Waals surface area contributed by atoms with Gasteiger partial charge in [0.15, 0.2) is 0 Å². The Bertz CT molecular complexity index is 650. The van der Waals surface area contributed by atoms with Gasteiger partial charge in [0, 0.05) is 32.7 Å². The largest absolute Gasteiger partial charge is 0.367 e. The van der Waals surface area contributed by atoms with Crippen LogP contribution < -0.4 is 4.90 Å². The maximum absolute atomic E-state index is 13.2. The van der Waals surface area contributed by atoms with E-state index in [0.29, 0.717) is 10.0 Å². The second-order valence-electron chi connectivity index (χ2n) is 5.78. The van der Waals surface area contributed by atoms with Crippen molar-refractivity contribution in [2.45, 2.75) is 6.42 Å². The van der Waals surface area contributed by atoms with Crippen LogP contribution in [0.4, 0.5) is 10.1 Å². The first-order valence-electron chi connectivity index (χ1n) is 7.79. The van der Waals surface area contributed by atoms with Crippen LogP contribution in [0.15, 0.2) is 42.5 Å². The molecule has 2 nitrogen and oxygen atoms in total. The van der Waals surface area contributed by atoms with Crippen LogP contribution in [0.3, 0.4) is 0 Å². The Hall–Kier alpha value is -1.29. The fourth-order valence-electron chi connectivity index (χ4n) is 2.97. The van der Waals surface area contributed by atoms with Crippen molar-refractivity contribution in [2.24, 2.45) is 0 Å². The first-order chi connectivity index (χ1) is 11.1. The van der Waals surface area contributed by atoms with Crippen LogP contribution in [0.5, 0.6) is 0 Å². The van der Waals surface area contributed by atoms with Crippen LogP contribution in [0, 0.1) is 5.82 Å². The lowest BCUT2D eigenvalue weighted by Gasteiger charge is -2.36. The fraction of sp³-hybridized carbons (Fsp3) is 0.333. The van der Waals surface area contributed by atoms with Crippen molar-refractivity contribution in [1.82, 2.24) is 4.90 Å². The second kappa shape index (κ2) is 7.52. The van der Waals surface area contributed by atoms with Gasteiger partial charge >= 0.3 is 0 Å². The molecule has 122 valence electrons. The predicted molar refractivity (Wildman–Crippen MR) is 95.2 cm³/mol. The van der Waals surface area contributed by atoms with Gasteiger partial charge in [0.05, 0.1) is 15.7 Å². The van der Waals surface area contributed by atoms with Crippen molar-refractivity contribution >= 4 is 28.9 Å². The van der Waals surface area contributed by atoms with E-state index in [0.717, 1.165) is 50.4 Å². The highest BCUT2D eigenvalue weighted by atomic mass is 35.5. The smallest absolute Gasteiger partial charge is 0.123 e. The van der Waals surface area contributed by atoms with Crippen LogP contribution in [0.25, 0.3) is 0 Å². The minimum atomic E-state index is -0.166. The molecule has 1 fully saturated rings. The summed E-state index contributed by atoms with van der Waals surface area (Å²) in [5.74, 6) is -0.166. The third kappa shape index (κ3) is 4.17. The van der Waals surface area contributed by atoms with Gasteiger partial charge in [0.1, 0.15) is 5.82 Å². The van der Waals surface area contributed by atoms with Crippen molar-refractivity contribution in [3.63, 3.8) is 0 Å². The average Bonchev–Trinajstić information content (AvgIpc) is 2.54. The minimum absolute atomic E-state index is 0.166. The van der Waals surface area contributed by atoms with Gasteiger partial charge in [-0.05, 0) is 36.2 Å². The lowest BCUT2D eigenvalue weighted by molar-refractivity contribution is 0.261. The molecule has 0 aromatic heterocycles. The topological polar surface area (TPSA) is 6.48 Å². The van der Waals surface area contributed by atoms with Gasteiger partial charge in [-0.1, -0.05) is 41.4 Å². The standard InChI is InChI=1S/C18H19Cl2FN2/c19-16-5-2-6-17(20)18(16)23-11-9-22(10-12-23)8-7-14-3-1-4-15(21)13-14/h1-6,13H,7-12H2. The Morgan fingerprint density at radius 2 is 1.57 bits per heavy atom. The van der Waals surface area contributed by atoms with E-state index in [1.165, 1.54) is 6.07 Å². The highest BCUT2D eigenvalue weighted by molar-refractivity contribution is 6.39. The zero-order chi connectivity index (χ0) is 16.2. The van der Waals surface area contributed by atoms with E-state index in [2.05, 4.69) is 9.80 Å². The number of rotatable bonds is 4. The predicted octanol–water partition coefficient (Wildman–Crippen LogP) is 4.50. The maximum atomic E-state index is 13.2. The van der Waals surface area contributed by atoms with Crippen molar-refractivity contribution in [1.29, 1.82) is 0 Å². The van der Waals surface area contributed by atoms with Gasteiger partial charge in [0.2, 0.25) is 0 Å². The molecule has 0 radical (unpaired) electrons. The molecular formula is C18H19Cl2FN2. The number of hydrogen-bond donors (Lipinski definition) is 0. The number of piperazine rings is 1. The molecule has 1 aliphatic rings. The van der Waals surface area contributed by atoms with Crippen molar-refractivity contribution in [2.75, 3.05) is 37.6 Å². The molecule has 0 spiro atoms. The summed E-state index contributed by atoms with van der Waals surface area (Å²) in [6, 6.07) is 12.4.